The van der Waals surface area contributed by atoms with E-state index in [1.807, 2.05) is 70.5 Å². The van der Waals surface area contributed by atoms with Crippen molar-refractivity contribution in [1.29, 1.82) is 0 Å². The molecule has 6 heteroatoms. The van der Waals surface area contributed by atoms with Crippen LogP contribution in [0.1, 0.15) is 17.0 Å². The number of carbonyl (C=O) groups excluding carboxylic acids is 1. The number of hydrogen-bond acceptors (Lipinski definition) is 4. The van der Waals surface area contributed by atoms with Gasteiger partial charge in [-0.05, 0) is 17.2 Å². The monoisotopic (exact) mass is 401 g/mol. The van der Waals surface area contributed by atoms with E-state index in [4.69, 9.17) is 0 Å². The van der Waals surface area contributed by atoms with Crippen LogP contribution in [0.4, 0.5) is 11.4 Å². The van der Waals surface area contributed by atoms with Crippen molar-refractivity contribution in [3.8, 4) is 0 Å². The summed E-state index contributed by atoms with van der Waals surface area (Å²) in [6, 6.07) is 26.4. The first-order valence-electron chi connectivity index (χ1n) is 10.0. The summed E-state index contributed by atoms with van der Waals surface area (Å²) < 4.78 is 0. The average Bonchev–Trinajstić information content (AvgIpc) is 2.81. The van der Waals surface area contributed by atoms with Gasteiger partial charge in [-0.1, -0.05) is 72.8 Å². The lowest BCUT2D eigenvalue weighted by Gasteiger charge is -2.37. The van der Waals surface area contributed by atoms with Crippen LogP contribution in [0, 0.1) is 10.1 Å². The van der Waals surface area contributed by atoms with E-state index < -0.39 is 0 Å². The number of nitro benzene ring substituents is 1. The standard InChI is InChI=1S/C24H23N3O3/c28-24(23(19-9-3-1-4-10-19)20-11-5-2-6-12-20)26-17-15-25(16-18-26)21-13-7-8-14-22(21)27(29)30/h1-14,23H,15-18H2. The van der Waals surface area contributed by atoms with Gasteiger partial charge in [0.2, 0.25) is 5.91 Å². The molecule has 30 heavy (non-hydrogen) atoms. The van der Waals surface area contributed by atoms with Crippen LogP contribution in [-0.4, -0.2) is 41.9 Å². The van der Waals surface area contributed by atoms with Crippen molar-refractivity contribution < 1.29 is 9.72 Å². The molecule has 0 saturated carbocycles. The van der Waals surface area contributed by atoms with E-state index in [1.54, 1.807) is 18.2 Å². The predicted octanol–water partition coefficient (Wildman–Crippen LogP) is 4.08. The molecule has 4 rings (SSSR count). The smallest absolute Gasteiger partial charge is 0.292 e. The number of piperazine rings is 1. The number of hydrogen-bond donors (Lipinski definition) is 0. The van der Waals surface area contributed by atoms with Crippen LogP contribution in [0.5, 0.6) is 0 Å². The Balaban J connectivity index is 1.54. The highest BCUT2D eigenvalue weighted by molar-refractivity contribution is 5.87. The van der Waals surface area contributed by atoms with Crippen LogP contribution in [-0.2, 0) is 4.79 Å². The normalized spacial score (nSPS) is 14.0. The molecule has 3 aromatic carbocycles. The van der Waals surface area contributed by atoms with Crippen LogP contribution >= 0.6 is 0 Å². The van der Waals surface area contributed by atoms with Gasteiger partial charge in [-0.3, -0.25) is 14.9 Å². The third-order valence-electron chi connectivity index (χ3n) is 5.52. The number of anilines is 1. The highest BCUT2D eigenvalue weighted by Crippen LogP contribution is 2.30. The molecule has 0 radical (unpaired) electrons. The highest BCUT2D eigenvalue weighted by atomic mass is 16.6. The molecule has 0 bridgehead atoms. The van der Waals surface area contributed by atoms with E-state index >= 15 is 0 Å². The number of benzene rings is 3. The Morgan fingerprint density at radius 2 is 1.27 bits per heavy atom. The largest absolute Gasteiger partial charge is 0.362 e. The lowest BCUT2D eigenvalue weighted by Crippen LogP contribution is -2.50. The fraction of sp³-hybridized carbons (Fsp3) is 0.208. The Bertz CT molecular complexity index is 977. The fourth-order valence-corrected chi connectivity index (χ4v) is 4.00. The van der Waals surface area contributed by atoms with Crippen LogP contribution in [0.2, 0.25) is 0 Å². The van der Waals surface area contributed by atoms with E-state index in [-0.39, 0.29) is 22.4 Å². The van der Waals surface area contributed by atoms with Crippen molar-refractivity contribution >= 4 is 17.3 Å². The summed E-state index contributed by atoms with van der Waals surface area (Å²) in [7, 11) is 0. The van der Waals surface area contributed by atoms with Gasteiger partial charge >= 0.3 is 0 Å². The van der Waals surface area contributed by atoms with E-state index in [0.717, 1.165) is 11.1 Å². The first kappa shape index (κ1) is 19.6. The number of rotatable bonds is 5. The van der Waals surface area contributed by atoms with Crippen molar-refractivity contribution in [2.45, 2.75) is 5.92 Å². The van der Waals surface area contributed by atoms with Crippen molar-refractivity contribution in [1.82, 2.24) is 4.90 Å². The molecule has 0 aliphatic carbocycles. The zero-order chi connectivity index (χ0) is 20.9. The molecule has 1 amide bonds. The molecule has 0 spiro atoms. The summed E-state index contributed by atoms with van der Waals surface area (Å²) in [4.78, 5) is 28.4. The quantitative estimate of drug-likeness (QED) is 0.477. The molecule has 0 atom stereocenters. The van der Waals surface area contributed by atoms with Gasteiger partial charge < -0.3 is 9.80 Å². The first-order chi connectivity index (χ1) is 14.6. The molecule has 0 aromatic heterocycles. The molecule has 1 saturated heterocycles. The van der Waals surface area contributed by atoms with E-state index in [1.165, 1.54) is 6.07 Å². The second-order valence-electron chi connectivity index (χ2n) is 7.31. The molecule has 0 N–H and O–H groups in total. The van der Waals surface area contributed by atoms with Crippen LogP contribution in [0.3, 0.4) is 0 Å². The summed E-state index contributed by atoms with van der Waals surface area (Å²) in [6.07, 6.45) is 0. The third-order valence-corrected chi connectivity index (χ3v) is 5.52. The number of amides is 1. The summed E-state index contributed by atoms with van der Waals surface area (Å²) in [5, 5.41) is 11.4. The fourth-order valence-electron chi connectivity index (χ4n) is 4.00. The highest BCUT2D eigenvalue weighted by Gasteiger charge is 2.31. The van der Waals surface area contributed by atoms with Gasteiger partial charge in [0, 0.05) is 32.2 Å². The minimum absolute atomic E-state index is 0.0645. The molecule has 1 aliphatic heterocycles. The van der Waals surface area contributed by atoms with Crippen LogP contribution < -0.4 is 4.90 Å². The molecular weight excluding hydrogens is 378 g/mol. The van der Waals surface area contributed by atoms with Gasteiger partial charge in [0.05, 0.1) is 10.8 Å². The maximum Gasteiger partial charge on any atom is 0.292 e. The minimum atomic E-state index is -0.356. The Labute approximate surface area is 175 Å². The van der Waals surface area contributed by atoms with Gasteiger partial charge in [-0.2, -0.15) is 0 Å². The number of para-hydroxylation sites is 2. The molecule has 3 aromatic rings. The topological polar surface area (TPSA) is 66.7 Å². The maximum absolute atomic E-state index is 13.5. The van der Waals surface area contributed by atoms with Gasteiger partial charge in [0.15, 0.2) is 0 Å². The van der Waals surface area contributed by atoms with Crippen molar-refractivity contribution in [2.24, 2.45) is 0 Å². The SMILES string of the molecule is O=C(C(c1ccccc1)c1ccccc1)N1CCN(c2ccccc2[N+](=O)[O-])CC1. The first-order valence-corrected chi connectivity index (χ1v) is 10.0. The molecule has 1 aliphatic rings. The van der Waals surface area contributed by atoms with E-state index in [9.17, 15) is 14.9 Å². The molecule has 6 nitrogen and oxygen atoms in total. The summed E-state index contributed by atoms with van der Waals surface area (Å²) >= 11 is 0. The third kappa shape index (κ3) is 4.03. The van der Waals surface area contributed by atoms with Crippen molar-refractivity contribution in [3.05, 3.63) is 106 Å². The molecular formula is C24H23N3O3. The number of nitro groups is 1. The second-order valence-corrected chi connectivity index (χ2v) is 7.31. The molecule has 0 unspecified atom stereocenters. The zero-order valence-corrected chi connectivity index (χ0v) is 16.6. The van der Waals surface area contributed by atoms with Gasteiger partial charge in [-0.15, -0.1) is 0 Å². The lowest BCUT2D eigenvalue weighted by molar-refractivity contribution is -0.384. The second kappa shape index (κ2) is 8.78. The average molecular weight is 401 g/mol. The van der Waals surface area contributed by atoms with Crippen molar-refractivity contribution in [3.63, 3.8) is 0 Å². The van der Waals surface area contributed by atoms with Gasteiger partial charge in [0.1, 0.15) is 5.69 Å². The van der Waals surface area contributed by atoms with Crippen molar-refractivity contribution in [2.75, 3.05) is 31.1 Å². The molecule has 1 heterocycles. The minimum Gasteiger partial charge on any atom is -0.362 e. The predicted molar refractivity (Wildman–Crippen MR) is 117 cm³/mol. The lowest BCUT2D eigenvalue weighted by atomic mass is 9.90. The summed E-state index contributed by atoms with van der Waals surface area (Å²) in [6.45, 7) is 2.18. The van der Waals surface area contributed by atoms with Crippen LogP contribution in [0.25, 0.3) is 0 Å². The molecule has 152 valence electrons. The Morgan fingerprint density at radius 3 is 1.80 bits per heavy atom. The molecule has 1 fully saturated rings. The summed E-state index contributed by atoms with van der Waals surface area (Å²) in [5.41, 5.74) is 2.64. The van der Waals surface area contributed by atoms with Gasteiger partial charge in [0.25, 0.3) is 5.69 Å². The maximum atomic E-state index is 13.5. The van der Waals surface area contributed by atoms with E-state index in [0.29, 0.717) is 31.9 Å². The summed E-state index contributed by atoms with van der Waals surface area (Å²) in [5.74, 6) is -0.292. The Kier molecular flexibility index (Phi) is 5.75. The van der Waals surface area contributed by atoms with E-state index in [2.05, 4.69) is 0 Å². The van der Waals surface area contributed by atoms with Gasteiger partial charge in [-0.25, -0.2) is 0 Å². The number of nitrogens with zero attached hydrogens (tertiary/aromatic N) is 3. The van der Waals surface area contributed by atoms with Crippen LogP contribution in [0.15, 0.2) is 84.9 Å². The Morgan fingerprint density at radius 1 is 0.767 bits per heavy atom. The Hall–Kier alpha value is -3.67. The number of carbonyl (C=O) groups is 1. The zero-order valence-electron chi connectivity index (χ0n) is 16.6.